The maximum absolute atomic E-state index is 3.66. The Morgan fingerprint density at radius 2 is 1.87 bits per heavy atom. The quantitative estimate of drug-likeness (QED) is 0.684. The number of hydrogen-bond donors (Lipinski definition) is 0. The molecule has 1 aromatic carbocycles. The van der Waals surface area contributed by atoms with Crippen molar-refractivity contribution in [3.63, 3.8) is 0 Å². The molecule has 0 saturated carbocycles. The second kappa shape index (κ2) is 4.13. The average Bonchev–Trinajstić information content (AvgIpc) is 2.26. The molecule has 1 aliphatic rings. The third-order valence-corrected chi connectivity index (χ3v) is 4.56. The first-order valence-electron chi connectivity index (χ1n) is 5.51. The Balaban J connectivity index is 2.31. The van der Waals surface area contributed by atoms with Crippen LogP contribution in [0.3, 0.4) is 0 Å². The lowest BCUT2D eigenvalue weighted by Gasteiger charge is -2.35. The Morgan fingerprint density at radius 1 is 1.20 bits per heavy atom. The highest BCUT2D eigenvalue weighted by Gasteiger charge is 2.30. The molecule has 0 nitrogen and oxygen atoms in total. The van der Waals surface area contributed by atoms with Gasteiger partial charge in [0.2, 0.25) is 0 Å². The molecule has 1 heteroatoms. The van der Waals surface area contributed by atoms with Crippen LogP contribution < -0.4 is 0 Å². The van der Waals surface area contributed by atoms with E-state index in [1.807, 2.05) is 0 Å². The monoisotopic (exact) mass is 264 g/mol. The van der Waals surface area contributed by atoms with E-state index in [1.165, 1.54) is 34.9 Å². The van der Waals surface area contributed by atoms with E-state index >= 15 is 0 Å². The molecule has 1 aromatic rings. The highest BCUT2D eigenvalue weighted by molar-refractivity contribution is 9.11. The summed E-state index contributed by atoms with van der Waals surface area (Å²) >= 11 is 3.66. The third kappa shape index (κ3) is 2.17. The standard InChI is InChI=1S/C14H17Br/c1-11-10-14(2,9-8-13(11)15)12-6-4-3-5-7-12/h3-7H,8-10H2,1-2H3/t14-/m0/s1. The smallest absolute Gasteiger partial charge is 0.00345 e. The minimum absolute atomic E-state index is 0.336. The van der Waals surface area contributed by atoms with E-state index in [0.717, 1.165) is 0 Å². The molecule has 0 unspecified atom stereocenters. The molecule has 0 amide bonds. The Labute approximate surface area is 101 Å². The Hall–Kier alpha value is -0.560. The lowest BCUT2D eigenvalue weighted by atomic mass is 9.71. The molecule has 0 spiro atoms. The van der Waals surface area contributed by atoms with Gasteiger partial charge in [-0.3, -0.25) is 0 Å². The molecule has 1 atom stereocenters. The van der Waals surface area contributed by atoms with Gasteiger partial charge in [0, 0.05) is 0 Å². The second-order valence-corrected chi connectivity index (χ2v) is 5.75. The van der Waals surface area contributed by atoms with Gasteiger partial charge in [-0.2, -0.15) is 0 Å². The molecule has 0 heterocycles. The van der Waals surface area contributed by atoms with Crippen LogP contribution >= 0.6 is 15.9 Å². The van der Waals surface area contributed by atoms with Crippen LogP contribution in [0, 0.1) is 0 Å². The lowest BCUT2D eigenvalue weighted by molar-refractivity contribution is 0.413. The predicted octanol–water partition coefficient (Wildman–Crippen LogP) is 4.80. The van der Waals surface area contributed by atoms with Gasteiger partial charge in [-0.1, -0.05) is 58.8 Å². The van der Waals surface area contributed by atoms with Crippen LogP contribution in [-0.2, 0) is 5.41 Å². The summed E-state index contributed by atoms with van der Waals surface area (Å²) in [5.74, 6) is 0. The van der Waals surface area contributed by atoms with Gasteiger partial charge in [-0.15, -0.1) is 0 Å². The summed E-state index contributed by atoms with van der Waals surface area (Å²) < 4.78 is 1.41. The summed E-state index contributed by atoms with van der Waals surface area (Å²) in [5, 5.41) is 0. The fourth-order valence-corrected chi connectivity index (χ4v) is 2.79. The second-order valence-electron chi connectivity index (χ2n) is 4.79. The largest absolute Gasteiger partial charge is 0.0623 e. The van der Waals surface area contributed by atoms with Crippen molar-refractivity contribution in [3.05, 3.63) is 46.0 Å². The Morgan fingerprint density at radius 3 is 2.47 bits per heavy atom. The van der Waals surface area contributed by atoms with Crippen molar-refractivity contribution in [1.29, 1.82) is 0 Å². The summed E-state index contributed by atoms with van der Waals surface area (Å²) in [6.07, 6.45) is 3.60. The van der Waals surface area contributed by atoms with Gasteiger partial charge in [0.1, 0.15) is 0 Å². The summed E-state index contributed by atoms with van der Waals surface area (Å²) in [7, 11) is 0. The van der Waals surface area contributed by atoms with Crippen molar-refractivity contribution in [1.82, 2.24) is 0 Å². The predicted molar refractivity (Wildman–Crippen MR) is 69.3 cm³/mol. The molecule has 2 rings (SSSR count). The van der Waals surface area contributed by atoms with Crippen molar-refractivity contribution in [2.75, 3.05) is 0 Å². The van der Waals surface area contributed by atoms with E-state index in [4.69, 9.17) is 0 Å². The highest BCUT2D eigenvalue weighted by Crippen LogP contribution is 2.42. The Bertz CT molecular complexity index is 378. The topological polar surface area (TPSA) is 0 Å². The van der Waals surface area contributed by atoms with Crippen LogP contribution in [0.15, 0.2) is 40.4 Å². The Kier molecular flexibility index (Phi) is 3.01. The van der Waals surface area contributed by atoms with E-state index in [-0.39, 0.29) is 0 Å². The maximum atomic E-state index is 3.66. The van der Waals surface area contributed by atoms with Crippen LogP contribution in [-0.4, -0.2) is 0 Å². The number of allylic oxidation sites excluding steroid dienone is 2. The summed E-state index contributed by atoms with van der Waals surface area (Å²) in [6.45, 7) is 4.62. The fourth-order valence-electron chi connectivity index (χ4n) is 2.46. The molecule has 0 aliphatic heterocycles. The number of benzene rings is 1. The molecule has 0 saturated heterocycles. The summed E-state index contributed by atoms with van der Waals surface area (Å²) in [4.78, 5) is 0. The molecule has 0 bridgehead atoms. The molecule has 0 aromatic heterocycles. The van der Waals surface area contributed by atoms with Crippen LogP contribution in [0.2, 0.25) is 0 Å². The van der Waals surface area contributed by atoms with Crippen molar-refractivity contribution in [2.45, 2.75) is 38.5 Å². The molecular weight excluding hydrogens is 248 g/mol. The molecular formula is C14H17Br. The van der Waals surface area contributed by atoms with E-state index in [1.54, 1.807) is 0 Å². The number of rotatable bonds is 1. The number of halogens is 1. The fraction of sp³-hybridized carbons (Fsp3) is 0.429. The minimum Gasteiger partial charge on any atom is -0.0623 e. The molecule has 1 aliphatic carbocycles. The van der Waals surface area contributed by atoms with Crippen molar-refractivity contribution in [2.24, 2.45) is 0 Å². The minimum atomic E-state index is 0.336. The SMILES string of the molecule is CC1=C(Br)CC[C@](C)(c2ccccc2)C1. The van der Waals surface area contributed by atoms with E-state index < -0.39 is 0 Å². The van der Waals surface area contributed by atoms with Crippen LogP contribution in [0.5, 0.6) is 0 Å². The normalized spacial score (nSPS) is 26.9. The summed E-state index contributed by atoms with van der Waals surface area (Å²) in [6, 6.07) is 10.9. The van der Waals surface area contributed by atoms with E-state index in [0.29, 0.717) is 5.41 Å². The van der Waals surface area contributed by atoms with Gasteiger partial charge < -0.3 is 0 Å². The van der Waals surface area contributed by atoms with E-state index in [2.05, 4.69) is 60.1 Å². The first-order valence-corrected chi connectivity index (χ1v) is 6.31. The van der Waals surface area contributed by atoms with Crippen molar-refractivity contribution < 1.29 is 0 Å². The van der Waals surface area contributed by atoms with Gasteiger partial charge in [0.25, 0.3) is 0 Å². The van der Waals surface area contributed by atoms with Crippen LogP contribution in [0.25, 0.3) is 0 Å². The first-order chi connectivity index (χ1) is 7.12. The van der Waals surface area contributed by atoms with Gasteiger partial charge in [-0.25, -0.2) is 0 Å². The van der Waals surface area contributed by atoms with Crippen LogP contribution in [0.4, 0.5) is 0 Å². The van der Waals surface area contributed by atoms with Gasteiger partial charge in [0.15, 0.2) is 0 Å². The molecule has 15 heavy (non-hydrogen) atoms. The zero-order chi connectivity index (χ0) is 10.9. The van der Waals surface area contributed by atoms with Gasteiger partial charge >= 0.3 is 0 Å². The third-order valence-electron chi connectivity index (χ3n) is 3.49. The first kappa shape index (κ1) is 10.9. The zero-order valence-electron chi connectivity index (χ0n) is 9.39. The average molecular weight is 265 g/mol. The number of hydrogen-bond acceptors (Lipinski definition) is 0. The van der Waals surface area contributed by atoms with Gasteiger partial charge in [0.05, 0.1) is 0 Å². The molecule has 80 valence electrons. The highest BCUT2D eigenvalue weighted by atomic mass is 79.9. The van der Waals surface area contributed by atoms with Crippen molar-refractivity contribution in [3.8, 4) is 0 Å². The molecule has 0 N–H and O–H groups in total. The lowest BCUT2D eigenvalue weighted by Crippen LogP contribution is -2.25. The van der Waals surface area contributed by atoms with Crippen molar-refractivity contribution >= 4 is 15.9 Å². The molecule has 0 radical (unpaired) electrons. The van der Waals surface area contributed by atoms with Crippen LogP contribution in [0.1, 0.15) is 38.7 Å². The van der Waals surface area contributed by atoms with Gasteiger partial charge in [-0.05, 0) is 41.6 Å². The maximum Gasteiger partial charge on any atom is -0.00345 e. The zero-order valence-corrected chi connectivity index (χ0v) is 11.0. The summed E-state index contributed by atoms with van der Waals surface area (Å²) in [5.41, 5.74) is 3.32. The van der Waals surface area contributed by atoms with E-state index in [9.17, 15) is 0 Å². The molecule has 0 fully saturated rings.